The van der Waals surface area contributed by atoms with Crippen LogP contribution in [0.25, 0.3) is 22.0 Å². The van der Waals surface area contributed by atoms with Crippen LogP contribution in [-0.2, 0) is 9.53 Å². The van der Waals surface area contributed by atoms with Crippen LogP contribution in [0.2, 0.25) is 0 Å². The highest BCUT2D eigenvalue weighted by molar-refractivity contribution is 5.94. The molecule has 4 aliphatic rings. The van der Waals surface area contributed by atoms with E-state index in [1.807, 2.05) is 42.6 Å². The monoisotopic (exact) mass is 488 g/mol. The molecule has 3 aliphatic heterocycles. The zero-order valence-corrected chi connectivity index (χ0v) is 21.2. The molecule has 3 aromatic carbocycles. The van der Waals surface area contributed by atoms with Gasteiger partial charge in [0.25, 0.3) is 0 Å². The molecular formula is C33H32N2O2. The van der Waals surface area contributed by atoms with E-state index in [2.05, 4.69) is 59.3 Å². The van der Waals surface area contributed by atoms with Crippen LogP contribution in [0.15, 0.2) is 85.1 Å². The van der Waals surface area contributed by atoms with Crippen LogP contribution in [0.3, 0.4) is 0 Å². The SMILES string of the molecule is CC[C@H]1CN2CC[C@@H]1C[C@H]2[C@H](OC(=O)C1c2ccccc2-c2ccccc21)c1ccnc2ccccc12. The van der Waals surface area contributed by atoms with E-state index in [1.54, 1.807) is 0 Å². The number of rotatable bonds is 5. The number of hydrogen-bond acceptors (Lipinski definition) is 4. The first-order chi connectivity index (χ1) is 18.2. The highest BCUT2D eigenvalue weighted by atomic mass is 16.5. The summed E-state index contributed by atoms with van der Waals surface area (Å²) in [6.07, 6.45) is 5.07. The van der Waals surface area contributed by atoms with Crippen LogP contribution in [0.4, 0.5) is 0 Å². The molecule has 4 heterocycles. The molecule has 0 spiro atoms. The number of pyridine rings is 1. The molecule has 4 heteroatoms. The van der Waals surface area contributed by atoms with Gasteiger partial charge in [0.2, 0.25) is 0 Å². The molecule has 3 saturated heterocycles. The van der Waals surface area contributed by atoms with Gasteiger partial charge in [-0.25, -0.2) is 0 Å². The van der Waals surface area contributed by atoms with E-state index in [0.717, 1.165) is 64.1 Å². The third kappa shape index (κ3) is 3.69. The highest BCUT2D eigenvalue weighted by Gasteiger charge is 2.45. The predicted molar refractivity (Wildman–Crippen MR) is 146 cm³/mol. The summed E-state index contributed by atoms with van der Waals surface area (Å²) >= 11 is 0. The first-order valence-electron chi connectivity index (χ1n) is 13.7. The van der Waals surface area contributed by atoms with E-state index >= 15 is 0 Å². The minimum atomic E-state index is -0.401. The van der Waals surface area contributed by atoms with Gasteiger partial charge in [0, 0.05) is 23.7 Å². The number of carbonyl (C=O) groups excluding carboxylic acids is 1. The standard InChI is InChI=1S/C33H32N2O2/c1-2-21-20-35-18-16-22(21)19-30(35)32(28-15-17-34-29-14-8-7-11-25(28)29)37-33(36)31-26-12-5-3-9-23(26)24-10-4-6-13-27(24)31/h3-15,17,21-22,30-32H,2,16,18-20H2,1H3/t21-,22+,30-,32+/m0/s1. The van der Waals surface area contributed by atoms with Crippen molar-refractivity contribution in [3.8, 4) is 11.1 Å². The van der Waals surface area contributed by atoms with Crippen LogP contribution < -0.4 is 0 Å². The Hall–Kier alpha value is -3.50. The van der Waals surface area contributed by atoms with Crippen molar-refractivity contribution in [2.75, 3.05) is 13.1 Å². The molecule has 2 bridgehead atoms. The Bertz CT molecular complexity index is 1430. The van der Waals surface area contributed by atoms with E-state index in [0.29, 0.717) is 5.92 Å². The van der Waals surface area contributed by atoms with E-state index < -0.39 is 5.92 Å². The van der Waals surface area contributed by atoms with E-state index in [4.69, 9.17) is 4.74 Å². The van der Waals surface area contributed by atoms with Gasteiger partial charge in [-0.3, -0.25) is 14.7 Å². The van der Waals surface area contributed by atoms with Gasteiger partial charge < -0.3 is 4.74 Å². The highest BCUT2D eigenvalue weighted by Crippen LogP contribution is 2.48. The molecule has 8 rings (SSSR count). The maximum Gasteiger partial charge on any atom is 0.318 e. The van der Waals surface area contributed by atoms with Crippen molar-refractivity contribution in [1.29, 1.82) is 0 Å². The summed E-state index contributed by atoms with van der Waals surface area (Å²) in [5.74, 6) is 0.881. The lowest BCUT2D eigenvalue weighted by molar-refractivity contribution is -0.158. The second kappa shape index (κ2) is 9.11. The van der Waals surface area contributed by atoms with Crippen LogP contribution >= 0.6 is 0 Å². The van der Waals surface area contributed by atoms with Gasteiger partial charge in [0.15, 0.2) is 0 Å². The third-order valence-corrected chi connectivity index (χ3v) is 9.11. The average Bonchev–Trinajstić information content (AvgIpc) is 3.30. The maximum atomic E-state index is 14.2. The second-order valence-corrected chi connectivity index (χ2v) is 10.9. The van der Waals surface area contributed by atoms with Crippen molar-refractivity contribution < 1.29 is 9.53 Å². The number of piperidine rings is 3. The van der Waals surface area contributed by atoms with Crippen LogP contribution in [0, 0.1) is 11.8 Å². The fourth-order valence-corrected chi connectivity index (χ4v) is 7.28. The number of carbonyl (C=O) groups is 1. The van der Waals surface area contributed by atoms with Gasteiger partial charge in [-0.1, -0.05) is 80.1 Å². The number of ether oxygens (including phenoxy) is 1. The number of esters is 1. The van der Waals surface area contributed by atoms with E-state index in [-0.39, 0.29) is 18.1 Å². The van der Waals surface area contributed by atoms with Gasteiger partial charge in [-0.05, 0) is 65.6 Å². The topological polar surface area (TPSA) is 42.4 Å². The Morgan fingerprint density at radius 1 is 0.973 bits per heavy atom. The Balaban J connectivity index is 1.30. The number of hydrogen-bond donors (Lipinski definition) is 0. The summed E-state index contributed by atoms with van der Waals surface area (Å²) in [6.45, 7) is 4.49. The van der Waals surface area contributed by atoms with Crippen molar-refractivity contribution in [3.63, 3.8) is 0 Å². The normalized spacial score (nSPS) is 25.0. The largest absolute Gasteiger partial charge is 0.455 e. The van der Waals surface area contributed by atoms with Crippen LogP contribution in [-0.4, -0.2) is 35.0 Å². The summed E-state index contributed by atoms with van der Waals surface area (Å²) in [7, 11) is 0. The van der Waals surface area contributed by atoms with Crippen molar-refractivity contribution in [1.82, 2.24) is 9.88 Å². The number of para-hydroxylation sites is 1. The first kappa shape index (κ1) is 22.7. The molecule has 1 aromatic heterocycles. The lowest BCUT2D eigenvalue weighted by Crippen LogP contribution is -2.55. The zero-order valence-electron chi connectivity index (χ0n) is 21.2. The fraction of sp³-hybridized carbons (Fsp3) is 0.333. The van der Waals surface area contributed by atoms with E-state index in [1.165, 1.54) is 12.8 Å². The molecular weight excluding hydrogens is 456 g/mol. The average molecular weight is 489 g/mol. The summed E-state index contributed by atoms with van der Waals surface area (Å²) in [6, 6.07) is 27.0. The minimum absolute atomic E-state index is 0.155. The molecule has 4 nitrogen and oxygen atoms in total. The number of fused-ring (bicyclic) bond motifs is 7. The molecule has 0 N–H and O–H groups in total. The van der Waals surface area contributed by atoms with Crippen molar-refractivity contribution in [3.05, 3.63) is 102 Å². The second-order valence-electron chi connectivity index (χ2n) is 10.9. The van der Waals surface area contributed by atoms with Crippen LogP contribution in [0.5, 0.6) is 0 Å². The van der Waals surface area contributed by atoms with Gasteiger partial charge >= 0.3 is 5.97 Å². The quantitative estimate of drug-likeness (QED) is 0.291. The molecule has 186 valence electrons. The Kier molecular flexibility index (Phi) is 5.58. The summed E-state index contributed by atoms with van der Waals surface area (Å²) in [5.41, 5.74) is 6.38. The number of aromatic nitrogens is 1. The molecule has 0 amide bonds. The summed E-state index contributed by atoms with van der Waals surface area (Å²) in [4.78, 5) is 21.4. The molecule has 1 unspecified atom stereocenters. The molecule has 3 fully saturated rings. The lowest BCUT2D eigenvalue weighted by atomic mass is 9.72. The van der Waals surface area contributed by atoms with Crippen LogP contribution in [0.1, 0.15) is 54.9 Å². The van der Waals surface area contributed by atoms with Crippen molar-refractivity contribution in [2.45, 2.75) is 44.2 Å². The third-order valence-electron chi connectivity index (χ3n) is 9.11. The number of nitrogens with zero attached hydrogens (tertiary/aromatic N) is 2. The molecule has 5 atom stereocenters. The molecule has 37 heavy (non-hydrogen) atoms. The molecule has 4 aromatic rings. The Labute approximate surface area is 218 Å². The maximum absolute atomic E-state index is 14.2. The fourth-order valence-electron chi connectivity index (χ4n) is 7.28. The Morgan fingerprint density at radius 2 is 1.68 bits per heavy atom. The van der Waals surface area contributed by atoms with Gasteiger partial charge in [-0.2, -0.15) is 0 Å². The lowest BCUT2D eigenvalue weighted by Gasteiger charge is -2.51. The van der Waals surface area contributed by atoms with Gasteiger partial charge in [0.05, 0.1) is 11.6 Å². The minimum Gasteiger partial charge on any atom is -0.455 e. The molecule has 0 radical (unpaired) electrons. The predicted octanol–water partition coefficient (Wildman–Crippen LogP) is 6.75. The molecule has 0 saturated carbocycles. The Morgan fingerprint density at radius 3 is 2.38 bits per heavy atom. The number of benzene rings is 3. The van der Waals surface area contributed by atoms with E-state index in [9.17, 15) is 4.79 Å². The zero-order chi connectivity index (χ0) is 24.9. The van der Waals surface area contributed by atoms with Crippen molar-refractivity contribution >= 4 is 16.9 Å². The van der Waals surface area contributed by atoms with Crippen molar-refractivity contribution in [2.24, 2.45) is 11.8 Å². The smallest absolute Gasteiger partial charge is 0.318 e. The van der Waals surface area contributed by atoms with Gasteiger partial charge in [0.1, 0.15) is 12.0 Å². The molecule has 1 aliphatic carbocycles. The summed E-state index contributed by atoms with van der Waals surface area (Å²) < 4.78 is 6.69. The first-order valence-corrected chi connectivity index (χ1v) is 13.7. The summed E-state index contributed by atoms with van der Waals surface area (Å²) in [5, 5.41) is 1.07. The van der Waals surface area contributed by atoms with Gasteiger partial charge in [-0.15, -0.1) is 0 Å².